The molecule has 0 saturated carbocycles. The molecule has 0 radical (unpaired) electrons. The van der Waals surface area contributed by atoms with Crippen molar-refractivity contribution in [2.45, 2.75) is 31.2 Å². The minimum absolute atomic E-state index is 0.0503. The Kier molecular flexibility index (Phi) is 3.21. The quantitative estimate of drug-likeness (QED) is 0.709. The van der Waals surface area contributed by atoms with Gasteiger partial charge in [0.1, 0.15) is 0 Å². The summed E-state index contributed by atoms with van der Waals surface area (Å²) in [7, 11) is 0. The monoisotopic (exact) mass is 245 g/mol. The average molecular weight is 246 g/mol. The summed E-state index contributed by atoms with van der Waals surface area (Å²) in [5, 5.41) is 5.51. The van der Waals surface area contributed by atoms with Crippen LogP contribution in [0.15, 0.2) is 5.38 Å². The van der Waals surface area contributed by atoms with Crippen molar-refractivity contribution in [3.8, 4) is 0 Å². The summed E-state index contributed by atoms with van der Waals surface area (Å²) in [6.45, 7) is 2.75. The fourth-order valence-corrected chi connectivity index (χ4v) is 2.51. The van der Waals surface area contributed by atoms with Gasteiger partial charge in [-0.2, -0.15) is 0 Å². The number of amides is 1. The Morgan fingerprint density at radius 2 is 2.53 bits per heavy atom. The van der Waals surface area contributed by atoms with Crippen LogP contribution in [0.3, 0.4) is 0 Å². The number of alkyl halides is 1. The largest absolute Gasteiger partial charge is 0.333 e. The number of aromatic nitrogens is 2. The van der Waals surface area contributed by atoms with E-state index in [0.29, 0.717) is 5.69 Å². The van der Waals surface area contributed by atoms with Gasteiger partial charge in [-0.15, -0.1) is 16.7 Å². The van der Waals surface area contributed by atoms with Crippen molar-refractivity contribution >= 4 is 29.0 Å². The van der Waals surface area contributed by atoms with Crippen LogP contribution in [-0.4, -0.2) is 38.4 Å². The highest BCUT2D eigenvalue weighted by atomic mass is 35.5. The SMILES string of the molecule is CC1C(Cl)CCCN1C(=O)c1csnn1. The molecular formula is C9H12ClN3OS. The lowest BCUT2D eigenvalue weighted by molar-refractivity contribution is 0.0635. The second-order valence-electron chi connectivity index (χ2n) is 3.69. The average Bonchev–Trinajstić information content (AvgIpc) is 2.74. The molecule has 1 aromatic rings. The summed E-state index contributed by atoms with van der Waals surface area (Å²) in [5.41, 5.74) is 0.428. The Labute approximate surface area is 97.4 Å². The van der Waals surface area contributed by atoms with Crippen LogP contribution < -0.4 is 0 Å². The maximum absolute atomic E-state index is 12.0. The molecule has 0 aromatic carbocycles. The molecule has 1 aliphatic heterocycles. The molecule has 1 aromatic heterocycles. The standard InChI is InChI=1S/C9H12ClN3OS/c1-6-7(10)3-2-4-13(6)9(14)8-5-15-12-11-8/h5-7H,2-4H2,1H3. The van der Waals surface area contributed by atoms with E-state index in [-0.39, 0.29) is 17.3 Å². The van der Waals surface area contributed by atoms with Gasteiger partial charge in [0, 0.05) is 18.0 Å². The number of rotatable bonds is 1. The third-order valence-electron chi connectivity index (χ3n) is 2.73. The first-order valence-corrected chi connectivity index (χ1v) is 6.19. The van der Waals surface area contributed by atoms with Crippen LogP contribution in [0.4, 0.5) is 0 Å². The first kappa shape index (κ1) is 10.8. The smallest absolute Gasteiger partial charge is 0.275 e. The predicted molar refractivity (Wildman–Crippen MR) is 59.3 cm³/mol. The number of halogens is 1. The maximum Gasteiger partial charge on any atom is 0.275 e. The third kappa shape index (κ3) is 2.13. The minimum Gasteiger partial charge on any atom is -0.333 e. The Balaban J connectivity index is 2.13. The molecule has 82 valence electrons. The van der Waals surface area contributed by atoms with Gasteiger partial charge in [-0.3, -0.25) is 4.79 Å². The molecule has 1 aliphatic rings. The van der Waals surface area contributed by atoms with E-state index < -0.39 is 0 Å². The van der Waals surface area contributed by atoms with Gasteiger partial charge in [0.25, 0.3) is 5.91 Å². The fourth-order valence-electron chi connectivity index (χ4n) is 1.79. The number of carbonyl (C=O) groups excluding carboxylic acids is 1. The Morgan fingerprint density at radius 1 is 1.73 bits per heavy atom. The molecule has 0 bridgehead atoms. The van der Waals surface area contributed by atoms with Crippen LogP contribution in [0.1, 0.15) is 30.3 Å². The molecule has 15 heavy (non-hydrogen) atoms. The first-order chi connectivity index (χ1) is 7.20. The van der Waals surface area contributed by atoms with E-state index in [2.05, 4.69) is 9.59 Å². The number of hydrogen-bond acceptors (Lipinski definition) is 4. The van der Waals surface area contributed by atoms with Crippen molar-refractivity contribution in [2.24, 2.45) is 0 Å². The molecule has 0 N–H and O–H groups in total. The second-order valence-corrected chi connectivity index (χ2v) is 4.86. The predicted octanol–water partition coefficient (Wildman–Crippen LogP) is 1.77. The maximum atomic E-state index is 12.0. The number of piperidine rings is 1. The molecule has 1 amide bonds. The summed E-state index contributed by atoms with van der Waals surface area (Å²) in [5.74, 6) is -0.0541. The van der Waals surface area contributed by atoms with E-state index in [4.69, 9.17) is 11.6 Å². The lowest BCUT2D eigenvalue weighted by atomic mass is 10.0. The molecule has 1 saturated heterocycles. The summed E-state index contributed by atoms with van der Waals surface area (Å²) < 4.78 is 3.69. The van der Waals surface area contributed by atoms with E-state index in [1.165, 1.54) is 11.5 Å². The highest BCUT2D eigenvalue weighted by molar-refractivity contribution is 7.03. The topological polar surface area (TPSA) is 46.1 Å². The van der Waals surface area contributed by atoms with Crippen LogP contribution in [0.2, 0.25) is 0 Å². The van der Waals surface area contributed by atoms with Crippen molar-refractivity contribution in [3.05, 3.63) is 11.1 Å². The van der Waals surface area contributed by atoms with Gasteiger partial charge < -0.3 is 4.90 Å². The second kappa shape index (κ2) is 4.45. The fraction of sp³-hybridized carbons (Fsp3) is 0.667. The molecule has 0 aliphatic carbocycles. The van der Waals surface area contributed by atoms with Gasteiger partial charge in [-0.1, -0.05) is 4.49 Å². The van der Waals surface area contributed by atoms with E-state index in [1.807, 2.05) is 6.92 Å². The molecule has 4 nitrogen and oxygen atoms in total. The van der Waals surface area contributed by atoms with Gasteiger partial charge >= 0.3 is 0 Å². The highest BCUT2D eigenvalue weighted by Crippen LogP contribution is 2.23. The van der Waals surface area contributed by atoms with E-state index in [0.717, 1.165) is 19.4 Å². The van der Waals surface area contributed by atoms with Crippen LogP contribution in [-0.2, 0) is 0 Å². The zero-order valence-electron chi connectivity index (χ0n) is 8.39. The molecule has 0 spiro atoms. The Bertz CT molecular complexity index is 343. The minimum atomic E-state index is -0.0541. The first-order valence-electron chi connectivity index (χ1n) is 4.92. The van der Waals surface area contributed by atoms with Gasteiger partial charge in [0.15, 0.2) is 5.69 Å². The molecule has 1 fully saturated rings. The summed E-state index contributed by atoms with van der Waals surface area (Å²) in [4.78, 5) is 13.8. The molecule has 2 atom stereocenters. The van der Waals surface area contributed by atoms with Crippen molar-refractivity contribution in [1.29, 1.82) is 0 Å². The van der Waals surface area contributed by atoms with Gasteiger partial charge in [-0.25, -0.2) is 0 Å². The van der Waals surface area contributed by atoms with Gasteiger partial charge in [0.05, 0.1) is 5.38 Å². The number of likely N-dealkylation sites (tertiary alicyclic amines) is 1. The number of carbonyl (C=O) groups is 1. The lowest BCUT2D eigenvalue weighted by Gasteiger charge is -2.36. The van der Waals surface area contributed by atoms with Crippen LogP contribution >= 0.6 is 23.1 Å². The van der Waals surface area contributed by atoms with Crippen LogP contribution in [0, 0.1) is 0 Å². The zero-order valence-corrected chi connectivity index (χ0v) is 9.96. The molecule has 2 rings (SSSR count). The van der Waals surface area contributed by atoms with Crippen molar-refractivity contribution < 1.29 is 4.79 Å². The van der Waals surface area contributed by atoms with Crippen molar-refractivity contribution in [2.75, 3.05) is 6.54 Å². The summed E-state index contributed by atoms with van der Waals surface area (Å²) in [6.07, 6.45) is 1.93. The van der Waals surface area contributed by atoms with E-state index in [1.54, 1.807) is 10.3 Å². The third-order valence-corrected chi connectivity index (χ3v) is 3.82. The molecular weight excluding hydrogens is 234 g/mol. The molecule has 6 heteroatoms. The molecule has 2 heterocycles. The highest BCUT2D eigenvalue weighted by Gasteiger charge is 2.31. The van der Waals surface area contributed by atoms with E-state index >= 15 is 0 Å². The summed E-state index contributed by atoms with van der Waals surface area (Å²) in [6, 6.07) is 0.0783. The van der Waals surface area contributed by atoms with Crippen LogP contribution in [0.5, 0.6) is 0 Å². The Hall–Kier alpha value is -0.680. The Morgan fingerprint density at radius 3 is 3.20 bits per heavy atom. The van der Waals surface area contributed by atoms with Crippen molar-refractivity contribution in [3.63, 3.8) is 0 Å². The zero-order chi connectivity index (χ0) is 10.8. The van der Waals surface area contributed by atoms with E-state index in [9.17, 15) is 4.79 Å². The molecule has 2 unspecified atom stereocenters. The summed E-state index contributed by atoms with van der Waals surface area (Å²) >= 11 is 7.33. The number of hydrogen-bond donors (Lipinski definition) is 0. The van der Waals surface area contributed by atoms with Crippen LogP contribution in [0.25, 0.3) is 0 Å². The van der Waals surface area contributed by atoms with Gasteiger partial charge in [0.2, 0.25) is 0 Å². The lowest BCUT2D eigenvalue weighted by Crippen LogP contribution is -2.47. The normalized spacial score (nSPS) is 26.7. The van der Waals surface area contributed by atoms with Crippen molar-refractivity contribution in [1.82, 2.24) is 14.5 Å². The van der Waals surface area contributed by atoms with Gasteiger partial charge in [-0.05, 0) is 31.3 Å². The number of nitrogens with zero attached hydrogens (tertiary/aromatic N) is 3.